The number of thioether (sulfide) groups is 1. The van der Waals surface area contributed by atoms with Gasteiger partial charge in [-0.15, -0.1) is 0 Å². The highest BCUT2D eigenvalue weighted by Crippen LogP contribution is 2.41. The molecule has 0 aromatic rings. The third-order valence-corrected chi connectivity index (χ3v) is 7.60. The Morgan fingerprint density at radius 1 is 1.16 bits per heavy atom. The Morgan fingerprint density at radius 3 is 2.55 bits per heavy atom. The number of Topliss-reactive ketones (excluding diaryl/α,β-unsaturated/α-hetero) is 1. The molecule has 0 aromatic carbocycles. The zero-order valence-electron chi connectivity index (χ0n) is 19.6. The molecule has 0 aromatic heterocycles. The minimum absolute atomic E-state index is 0.00131. The van der Waals surface area contributed by atoms with Crippen molar-refractivity contribution in [1.82, 2.24) is 0 Å². The summed E-state index contributed by atoms with van der Waals surface area (Å²) in [6, 6.07) is 0. The van der Waals surface area contributed by atoms with Crippen LogP contribution in [0.3, 0.4) is 0 Å². The normalized spacial score (nSPS) is 23.5. The summed E-state index contributed by atoms with van der Waals surface area (Å²) in [5, 5.41) is 28.8. The highest BCUT2D eigenvalue weighted by atomic mass is 32.2. The number of carboxylic acid groups (broad SMARTS) is 1. The minimum Gasteiger partial charge on any atom is -0.481 e. The SMILES string of the molecule is CCCCCCC(C)(O)CC=C[C@H]1[C@H](SCCO)CC(=O)[C@@H]1CCCCCCC(=O)O. The first-order valence-electron chi connectivity index (χ1n) is 12.2. The molecule has 1 aliphatic rings. The van der Waals surface area contributed by atoms with E-state index in [1.807, 2.05) is 6.92 Å². The number of hydrogen-bond acceptors (Lipinski definition) is 5. The third kappa shape index (κ3) is 12.1. The highest BCUT2D eigenvalue weighted by molar-refractivity contribution is 8.00. The fourth-order valence-corrected chi connectivity index (χ4v) is 5.65. The van der Waals surface area contributed by atoms with Gasteiger partial charge in [-0.2, -0.15) is 11.8 Å². The molecule has 0 amide bonds. The van der Waals surface area contributed by atoms with E-state index in [0.717, 1.165) is 44.9 Å². The van der Waals surface area contributed by atoms with Crippen LogP contribution in [0.4, 0.5) is 0 Å². The van der Waals surface area contributed by atoms with E-state index in [2.05, 4.69) is 19.1 Å². The monoisotopic (exact) mass is 456 g/mol. The van der Waals surface area contributed by atoms with Crippen LogP contribution in [0.1, 0.15) is 97.3 Å². The van der Waals surface area contributed by atoms with E-state index in [1.165, 1.54) is 12.8 Å². The number of hydrogen-bond donors (Lipinski definition) is 3. The number of aliphatic hydroxyl groups excluding tert-OH is 1. The lowest BCUT2D eigenvalue weighted by molar-refractivity contribution is -0.137. The van der Waals surface area contributed by atoms with Crippen LogP contribution in [-0.2, 0) is 9.59 Å². The summed E-state index contributed by atoms with van der Waals surface area (Å²) >= 11 is 1.68. The maximum atomic E-state index is 12.7. The Kier molecular flexibility index (Phi) is 14.4. The van der Waals surface area contributed by atoms with Gasteiger partial charge in [-0.25, -0.2) is 0 Å². The Balaban J connectivity index is 2.59. The predicted molar refractivity (Wildman–Crippen MR) is 128 cm³/mol. The van der Waals surface area contributed by atoms with Gasteiger partial charge in [0, 0.05) is 29.8 Å². The quantitative estimate of drug-likeness (QED) is 0.189. The number of carbonyl (C=O) groups is 2. The van der Waals surface area contributed by atoms with Crippen molar-refractivity contribution in [3.05, 3.63) is 12.2 Å². The molecule has 1 rings (SSSR count). The molecule has 3 N–H and O–H groups in total. The average molecular weight is 457 g/mol. The number of unbranched alkanes of at least 4 members (excludes halogenated alkanes) is 6. The molecule has 0 aliphatic heterocycles. The molecule has 4 atom stereocenters. The molecule has 1 saturated carbocycles. The van der Waals surface area contributed by atoms with E-state index in [9.17, 15) is 19.8 Å². The van der Waals surface area contributed by atoms with Crippen LogP contribution in [-0.4, -0.2) is 50.3 Å². The molecule has 180 valence electrons. The fourth-order valence-electron chi connectivity index (χ4n) is 4.45. The molecule has 31 heavy (non-hydrogen) atoms. The van der Waals surface area contributed by atoms with E-state index < -0.39 is 11.6 Å². The summed E-state index contributed by atoms with van der Waals surface area (Å²) in [4.78, 5) is 23.3. The smallest absolute Gasteiger partial charge is 0.303 e. The van der Waals surface area contributed by atoms with Crippen molar-refractivity contribution in [3.63, 3.8) is 0 Å². The van der Waals surface area contributed by atoms with Crippen molar-refractivity contribution in [2.45, 2.75) is 108 Å². The number of allylic oxidation sites excluding steroid dienone is 1. The second-order valence-corrected chi connectivity index (χ2v) is 10.6. The van der Waals surface area contributed by atoms with Gasteiger partial charge in [0.15, 0.2) is 0 Å². The zero-order chi connectivity index (χ0) is 23.1. The van der Waals surface area contributed by atoms with Crippen LogP contribution in [0.2, 0.25) is 0 Å². The van der Waals surface area contributed by atoms with Crippen LogP contribution in [0.5, 0.6) is 0 Å². The summed E-state index contributed by atoms with van der Waals surface area (Å²) in [7, 11) is 0. The van der Waals surface area contributed by atoms with Gasteiger partial charge in [0.2, 0.25) is 0 Å². The van der Waals surface area contributed by atoms with Gasteiger partial charge >= 0.3 is 5.97 Å². The summed E-state index contributed by atoms with van der Waals surface area (Å²) in [6.45, 7) is 4.20. The van der Waals surface area contributed by atoms with Crippen molar-refractivity contribution >= 4 is 23.5 Å². The largest absolute Gasteiger partial charge is 0.481 e. The Hall–Kier alpha value is -0.850. The molecule has 6 heteroatoms. The first-order chi connectivity index (χ1) is 14.8. The van der Waals surface area contributed by atoms with E-state index in [-0.39, 0.29) is 30.1 Å². The van der Waals surface area contributed by atoms with Gasteiger partial charge in [0.25, 0.3) is 0 Å². The van der Waals surface area contributed by atoms with Crippen LogP contribution < -0.4 is 0 Å². The Morgan fingerprint density at radius 2 is 1.87 bits per heavy atom. The molecule has 0 saturated heterocycles. The van der Waals surface area contributed by atoms with Crippen molar-refractivity contribution in [3.8, 4) is 0 Å². The third-order valence-electron chi connectivity index (χ3n) is 6.27. The molecule has 0 bridgehead atoms. The molecule has 5 nitrogen and oxygen atoms in total. The number of carbonyl (C=O) groups excluding carboxylic acids is 1. The van der Waals surface area contributed by atoms with Gasteiger partial charge in [-0.1, -0.05) is 64.0 Å². The molecule has 0 radical (unpaired) electrons. The van der Waals surface area contributed by atoms with Crippen molar-refractivity contribution in [2.24, 2.45) is 11.8 Å². The van der Waals surface area contributed by atoms with Gasteiger partial charge in [-0.05, 0) is 38.5 Å². The van der Waals surface area contributed by atoms with E-state index in [4.69, 9.17) is 5.11 Å². The van der Waals surface area contributed by atoms with Crippen LogP contribution >= 0.6 is 11.8 Å². The van der Waals surface area contributed by atoms with Gasteiger partial charge in [-0.3, -0.25) is 9.59 Å². The summed E-state index contributed by atoms with van der Waals surface area (Å²) in [5.41, 5.74) is -0.708. The molecule has 1 fully saturated rings. The second kappa shape index (κ2) is 15.9. The lowest BCUT2D eigenvalue weighted by Crippen LogP contribution is -2.23. The molecule has 0 spiro atoms. The summed E-state index contributed by atoms with van der Waals surface area (Å²) in [6.07, 6.45) is 15.3. The fraction of sp³-hybridized carbons (Fsp3) is 0.840. The zero-order valence-corrected chi connectivity index (χ0v) is 20.4. The van der Waals surface area contributed by atoms with E-state index >= 15 is 0 Å². The topological polar surface area (TPSA) is 94.8 Å². The maximum absolute atomic E-state index is 12.7. The summed E-state index contributed by atoms with van der Waals surface area (Å²) < 4.78 is 0. The van der Waals surface area contributed by atoms with Gasteiger partial charge < -0.3 is 15.3 Å². The molecular formula is C25H44O5S. The molecule has 1 aliphatic carbocycles. The highest BCUT2D eigenvalue weighted by Gasteiger charge is 2.40. The number of ketones is 1. The first-order valence-corrected chi connectivity index (χ1v) is 13.2. The predicted octanol–water partition coefficient (Wildman–Crippen LogP) is 5.38. The molecular weight excluding hydrogens is 412 g/mol. The van der Waals surface area contributed by atoms with Crippen LogP contribution in [0, 0.1) is 11.8 Å². The van der Waals surface area contributed by atoms with E-state index in [1.54, 1.807) is 11.8 Å². The van der Waals surface area contributed by atoms with Gasteiger partial charge in [0.1, 0.15) is 5.78 Å². The lowest BCUT2D eigenvalue weighted by Gasteiger charge is -2.23. The average Bonchev–Trinajstić information content (AvgIpc) is 3.00. The maximum Gasteiger partial charge on any atom is 0.303 e. The second-order valence-electron chi connectivity index (χ2n) is 9.27. The van der Waals surface area contributed by atoms with Crippen LogP contribution in [0.15, 0.2) is 12.2 Å². The summed E-state index contributed by atoms with van der Waals surface area (Å²) in [5.74, 6) is 0.350. The number of carboxylic acids is 1. The van der Waals surface area contributed by atoms with Crippen molar-refractivity contribution in [1.29, 1.82) is 0 Å². The van der Waals surface area contributed by atoms with Gasteiger partial charge in [0.05, 0.1) is 12.2 Å². The number of rotatable bonds is 18. The minimum atomic E-state index is -0.749. The van der Waals surface area contributed by atoms with Crippen LogP contribution in [0.25, 0.3) is 0 Å². The standard InChI is InChI=1S/C25H44O5S/c1-3-4-5-10-15-25(2,30)16-11-13-21-20(12-8-6-7-9-14-24(28)29)22(27)19-23(21)31-18-17-26/h11,13,20-21,23,26,30H,3-10,12,14-19H2,1-2H3,(H,28,29)/t20-,21-,23-,25?/m1/s1. The molecule has 0 heterocycles. The van der Waals surface area contributed by atoms with Crippen molar-refractivity contribution in [2.75, 3.05) is 12.4 Å². The Bertz CT molecular complexity index is 546. The molecule has 1 unspecified atom stereocenters. The van der Waals surface area contributed by atoms with Crippen molar-refractivity contribution < 1.29 is 24.9 Å². The first kappa shape index (κ1) is 28.2. The van der Waals surface area contributed by atoms with E-state index in [0.29, 0.717) is 30.8 Å². The Labute approximate surface area is 193 Å². The number of aliphatic carboxylic acids is 1. The number of aliphatic hydroxyl groups is 2. The lowest BCUT2D eigenvalue weighted by atomic mass is 9.88.